The van der Waals surface area contributed by atoms with Crippen molar-refractivity contribution in [1.82, 2.24) is 19.9 Å². The molecule has 1 saturated heterocycles. The third kappa shape index (κ3) is 4.17. The largest absolute Gasteiger partial charge is 0.375 e. The van der Waals surface area contributed by atoms with E-state index in [4.69, 9.17) is 0 Å². The maximum absolute atomic E-state index is 14.6. The van der Waals surface area contributed by atoms with Crippen molar-refractivity contribution in [3.8, 4) is 11.1 Å². The Hall–Kier alpha value is -3.98. The maximum atomic E-state index is 14.6. The van der Waals surface area contributed by atoms with Gasteiger partial charge in [-0.25, -0.2) is 13.9 Å². The van der Waals surface area contributed by atoms with Crippen molar-refractivity contribution in [3.63, 3.8) is 0 Å². The molecule has 9 heteroatoms. The fourth-order valence-electron chi connectivity index (χ4n) is 4.18. The highest BCUT2D eigenvalue weighted by Gasteiger charge is 2.18. The maximum Gasteiger partial charge on any atom is 0.274 e. The molecule has 0 radical (unpaired) electrons. The summed E-state index contributed by atoms with van der Waals surface area (Å²) < 4.78 is 16.2. The summed E-state index contributed by atoms with van der Waals surface area (Å²) in [5.41, 5.74) is 4.27. The summed E-state index contributed by atoms with van der Waals surface area (Å²) >= 11 is 0. The van der Waals surface area contributed by atoms with Gasteiger partial charge in [0, 0.05) is 52.0 Å². The molecule has 2 aromatic heterocycles. The van der Waals surface area contributed by atoms with E-state index in [0.717, 1.165) is 37.6 Å². The molecule has 34 heavy (non-hydrogen) atoms. The van der Waals surface area contributed by atoms with E-state index >= 15 is 0 Å². The summed E-state index contributed by atoms with van der Waals surface area (Å²) in [6.45, 7) is 3.56. The molecule has 0 saturated carbocycles. The minimum absolute atomic E-state index is 0.259. The fourth-order valence-corrected chi connectivity index (χ4v) is 4.18. The van der Waals surface area contributed by atoms with E-state index in [-0.39, 0.29) is 17.4 Å². The molecule has 1 aliphatic heterocycles. The van der Waals surface area contributed by atoms with Crippen LogP contribution in [0.2, 0.25) is 0 Å². The third-order valence-electron chi connectivity index (χ3n) is 5.95. The highest BCUT2D eigenvalue weighted by molar-refractivity contribution is 6.05. The number of nitrogens with zero attached hydrogens (tertiary/aromatic N) is 5. The molecule has 5 rings (SSSR count). The standard InChI is InChI=1S/C25H26FN7O/c1-31(2)22-8-7-17(15-19(22)26)18-16-28-33-12-9-21(29-24(18)33)25(34)30-20-5-3-4-6-23(20)32-13-10-27-11-14-32/h3-9,12,15-16,27H,10-11,13-14H2,1-2H3,(H,30,34). The van der Waals surface area contributed by atoms with Crippen molar-refractivity contribution in [2.45, 2.75) is 0 Å². The summed E-state index contributed by atoms with van der Waals surface area (Å²) in [6, 6.07) is 14.4. The lowest BCUT2D eigenvalue weighted by atomic mass is 10.1. The lowest BCUT2D eigenvalue weighted by molar-refractivity contribution is 0.102. The highest BCUT2D eigenvalue weighted by Crippen LogP contribution is 2.29. The van der Waals surface area contributed by atoms with Crippen molar-refractivity contribution >= 4 is 28.6 Å². The smallest absolute Gasteiger partial charge is 0.274 e. The van der Waals surface area contributed by atoms with Crippen LogP contribution in [0.5, 0.6) is 0 Å². The van der Waals surface area contributed by atoms with Gasteiger partial charge < -0.3 is 20.4 Å². The monoisotopic (exact) mass is 459 g/mol. The number of anilines is 3. The number of aromatic nitrogens is 3. The molecule has 8 nitrogen and oxygen atoms in total. The van der Waals surface area contributed by atoms with Crippen LogP contribution in [0, 0.1) is 5.82 Å². The van der Waals surface area contributed by atoms with Crippen LogP contribution < -0.4 is 20.4 Å². The van der Waals surface area contributed by atoms with Crippen LogP contribution in [0.3, 0.4) is 0 Å². The van der Waals surface area contributed by atoms with E-state index in [0.29, 0.717) is 22.5 Å². The average Bonchev–Trinajstić information content (AvgIpc) is 3.28. The predicted molar refractivity (Wildman–Crippen MR) is 132 cm³/mol. The predicted octanol–water partition coefficient (Wildman–Crippen LogP) is 3.26. The Balaban J connectivity index is 1.45. The summed E-state index contributed by atoms with van der Waals surface area (Å²) in [4.78, 5) is 21.7. The Labute approximate surface area is 197 Å². The second-order valence-electron chi connectivity index (χ2n) is 8.41. The molecule has 0 spiro atoms. The molecule has 1 amide bonds. The number of amides is 1. The number of fused-ring (bicyclic) bond motifs is 1. The molecular formula is C25H26FN7O. The van der Waals surface area contributed by atoms with E-state index in [9.17, 15) is 9.18 Å². The summed E-state index contributed by atoms with van der Waals surface area (Å²) in [7, 11) is 3.58. The van der Waals surface area contributed by atoms with Gasteiger partial charge in [0.15, 0.2) is 5.65 Å². The van der Waals surface area contributed by atoms with Crippen molar-refractivity contribution < 1.29 is 9.18 Å². The molecule has 1 fully saturated rings. The number of hydrogen-bond acceptors (Lipinski definition) is 6. The molecule has 0 bridgehead atoms. The van der Waals surface area contributed by atoms with Crippen molar-refractivity contribution in [2.24, 2.45) is 0 Å². The number of piperazine rings is 1. The zero-order valence-electron chi connectivity index (χ0n) is 19.1. The Morgan fingerprint density at radius 1 is 1.12 bits per heavy atom. The number of benzene rings is 2. The number of nitrogens with one attached hydrogen (secondary N) is 2. The van der Waals surface area contributed by atoms with Crippen LogP contribution in [0.1, 0.15) is 10.5 Å². The van der Waals surface area contributed by atoms with Crippen molar-refractivity contribution in [2.75, 3.05) is 55.4 Å². The van der Waals surface area contributed by atoms with Crippen LogP contribution in [0.4, 0.5) is 21.5 Å². The lowest BCUT2D eigenvalue weighted by Gasteiger charge is -2.31. The first-order valence-corrected chi connectivity index (χ1v) is 11.2. The first-order valence-electron chi connectivity index (χ1n) is 11.2. The van der Waals surface area contributed by atoms with E-state index in [1.165, 1.54) is 6.07 Å². The molecule has 0 aliphatic carbocycles. The zero-order chi connectivity index (χ0) is 23.7. The molecule has 2 N–H and O–H groups in total. The van der Waals surface area contributed by atoms with Gasteiger partial charge in [0.2, 0.25) is 0 Å². The van der Waals surface area contributed by atoms with Gasteiger partial charge in [0.05, 0.1) is 23.3 Å². The number of para-hydroxylation sites is 2. The van der Waals surface area contributed by atoms with Gasteiger partial charge in [-0.15, -0.1) is 0 Å². The zero-order valence-corrected chi connectivity index (χ0v) is 19.1. The average molecular weight is 460 g/mol. The van der Waals surface area contributed by atoms with Gasteiger partial charge in [-0.2, -0.15) is 5.10 Å². The lowest BCUT2D eigenvalue weighted by Crippen LogP contribution is -2.43. The van der Waals surface area contributed by atoms with Crippen LogP contribution in [0.15, 0.2) is 60.9 Å². The van der Waals surface area contributed by atoms with Crippen molar-refractivity contribution in [1.29, 1.82) is 0 Å². The number of rotatable bonds is 5. The minimum Gasteiger partial charge on any atom is -0.375 e. The fraction of sp³-hybridized carbons (Fsp3) is 0.240. The number of carbonyl (C=O) groups excluding carboxylic acids is 1. The first kappa shape index (κ1) is 21.8. The van der Waals surface area contributed by atoms with Crippen LogP contribution in [-0.2, 0) is 0 Å². The molecule has 4 aromatic rings. The molecule has 174 valence electrons. The SMILES string of the molecule is CN(C)c1ccc(-c2cnn3ccc(C(=O)Nc4ccccc4N4CCNCC4)nc23)cc1F. The summed E-state index contributed by atoms with van der Waals surface area (Å²) in [5, 5.41) is 10.7. The first-order chi connectivity index (χ1) is 16.5. The Kier molecular flexibility index (Phi) is 5.85. The van der Waals surface area contributed by atoms with Crippen LogP contribution in [0.25, 0.3) is 16.8 Å². The Morgan fingerprint density at radius 2 is 1.91 bits per heavy atom. The van der Waals surface area contributed by atoms with E-state index < -0.39 is 0 Å². The summed E-state index contributed by atoms with van der Waals surface area (Å²) in [5.74, 6) is -0.647. The topological polar surface area (TPSA) is 77.8 Å². The van der Waals surface area contributed by atoms with Gasteiger partial charge in [-0.05, 0) is 35.9 Å². The molecule has 1 aliphatic rings. The van der Waals surface area contributed by atoms with Gasteiger partial charge >= 0.3 is 0 Å². The highest BCUT2D eigenvalue weighted by atomic mass is 19.1. The van der Waals surface area contributed by atoms with Gasteiger partial charge in [-0.1, -0.05) is 18.2 Å². The number of carbonyl (C=O) groups is 1. The van der Waals surface area contributed by atoms with E-state index in [1.54, 1.807) is 48.0 Å². The molecule has 3 heterocycles. The molecule has 0 atom stereocenters. The van der Waals surface area contributed by atoms with E-state index in [2.05, 4.69) is 25.6 Å². The second-order valence-corrected chi connectivity index (χ2v) is 8.41. The number of halogens is 1. The molecular weight excluding hydrogens is 433 g/mol. The quantitative estimate of drug-likeness (QED) is 0.477. The Morgan fingerprint density at radius 3 is 2.68 bits per heavy atom. The van der Waals surface area contributed by atoms with Crippen molar-refractivity contribution in [3.05, 3.63) is 72.4 Å². The molecule has 0 unspecified atom stereocenters. The van der Waals surface area contributed by atoms with Gasteiger partial charge in [0.25, 0.3) is 5.91 Å². The molecule has 2 aromatic carbocycles. The number of hydrogen-bond donors (Lipinski definition) is 2. The second kappa shape index (κ2) is 9.11. The van der Waals surface area contributed by atoms with Crippen LogP contribution in [-0.4, -0.2) is 60.8 Å². The van der Waals surface area contributed by atoms with Crippen LogP contribution >= 0.6 is 0 Å². The Bertz CT molecular complexity index is 1340. The third-order valence-corrected chi connectivity index (χ3v) is 5.95. The van der Waals surface area contributed by atoms with E-state index in [1.807, 2.05) is 30.3 Å². The van der Waals surface area contributed by atoms with Gasteiger partial charge in [0.1, 0.15) is 11.5 Å². The summed E-state index contributed by atoms with van der Waals surface area (Å²) in [6.07, 6.45) is 3.32. The minimum atomic E-state index is -0.333. The normalized spacial score (nSPS) is 13.8. The van der Waals surface area contributed by atoms with Gasteiger partial charge in [-0.3, -0.25) is 4.79 Å².